The molecule has 2 aromatic rings. The molecule has 0 bridgehead atoms. The van der Waals surface area contributed by atoms with E-state index in [1.54, 1.807) is 11.3 Å². The molecule has 2 rings (SSSR count). The monoisotopic (exact) mass is 296 g/mol. The van der Waals surface area contributed by atoms with Crippen molar-refractivity contribution >= 4 is 38.9 Å². The summed E-state index contributed by atoms with van der Waals surface area (Å²) in [4.78, 5) is 12.5. The molecule has 0 spiro atoms. The number of carbonyl (C=O) groups is 1. The highest BCUT2D eigenvalue weighted by molar-refractivity contribution is 7.19. The van der Waals surface area contributed by atoms with Crippen molar-refractivity contribution in [3.05, 3.63) is 34.2 Å². The van der Waals surface area contributed by atoms with Crippen molar-refractivity contribution in [2.24, 2.45) is 0 Å². The number of hydrogen-bond donors (Lipinski definition) is 2. The van der Waals surface area contributed by atoms with Crippen LogP contribution in [0.15, 0.2) is 24.3 Å². The maximum absolute atomic E-state index is 11.4. The number of thiophene rings is 1. The minimum Gasteiger partial charge on any atom is -0.355 e. The van der Waals surface area contributed by atoms with Crippen LogP contribution >= 0.6 is 22.9 Å². The summed E-state index contributed by atoms with van der Waals surface area (Å²) in [6.45, 7) is 3.71. The van der Waals surface area contributed by atoms with Crippen molar-refractivity contribution in [1.82, 2.24) is 10.6 Å². The van der Waals surface area contributed by atoms with E-state index in [-0.39, 0.29) is 5.91 Å². The quantitative estimate of drug-likeness (QED) is 0.860. The number of hydrogen-bond acceptors (Lipinski definition) is 3. The summed E-state index contributed by atoms with van der Waals surface area (Å²) in [5, 5.41) is 7.83. The minimum atomic E-state index is 0.0269. The fourth-order valence-corrected chi connectivity index (χ4v) is 3.26. The van der Waals surface area contributed by atoms with Crippen LogP contribution in [0.3, 0.4) is 0 Å². The number of benzene rings is 1. The second-order valence-corrected chi connectivity index (χ2v) is 5.80. The molecule has 19 heavy (non-hydrogen) atoms. The molecule has 3 nitrogen and oxygen atoms in total. The Labute approximate surface area is 122 Å². The van der Waals surface area contributed by atoms with Gasteiger partial charge in [-0.1, -0.05) is 36.7 Å². The molecule has 0 aliphatic heterocycles. The largest absolute Gasteiger partial charge is 0.355 e. The normalized spacial score (nSPS) is 10.8. The van der Waals surface area contributed by atoms with Crippen molar-refractivity contribution in [3.63, 3.8) is 0 Å². The van der Waals surface area contributed by atoms with E-state index in [9.17, 15) is 4.79 Å². The molecule has 1 amide bonds. The van der Waals surface area contributed by atoms with Crippen LogP contribution < -0.4 is 10.6 Å². The summed E-state index contributed by atoms with van der Waals surface area (Å²) in [5.74, 6) is 0.0269. The zero-order valence-electron chi connectivity index (χ0n) is 10.8. The molecular formula is C14H17ClN2OS. The van der Waals surface area contributed by atoms with Crippen molar-refractivity contribution in [1.29, 1.82) is 0 Å². The second-order valence-electron chi connectivity index (χ2n) is 4.29. The van der Waals surface area contributed by atoms with E-state index < -0.39 is 0 Å². The average Bonchev–Trinajstić information content (AvgIpc) is 2.74. The number of fused-ring (bicyclic) bond motifs is 1. The third kappa shape index (κ3) is 3.69. The lowest BCUT2D eigenvalue weighted by molar-refractivity contribution is -0.120. The molecule has 0 saturated heterocycles. The van der Waals surface area contributed by atoms with E-state index in [0.717, 1.165) is 28.3 Å². The van der Waals surface area contributed by atoms with E-state index in [0.29, 0.717) is 13.1 Å². The van der Waals surface area contributed by atoms with E-state index >= 15 is 0 Å². The smallest absolute Gasteiger partial charge is 0.233 e. The molecule has 0 atom stereocenters. The SMILES string of the molecule is CCCNC(=O)CNCc1sc2ccccc2c1Cl. The maximum Gasteiger partial charge on any atom is 0.233 e. The van der Waals surface area contributed by atoms with E-state index in [1.165, 1.54) is 4.70 Å². The van der Waals surface area contributed by atoms with Crippen LogP contribution in [0.1, 0.15) is 18.2 Å². The molecule has 0 aliphatic carbocycles. The van der Waals surface area contributed by atoms with Gasteiger partial charge in [-0.25, -0.2) is 0 Å². The van der Waals surface area contributed by atoms with Gasteiger partial charge in [0.05, 0.1) is 11.6 Å². The summed E-state index contributed by atoms with van der Waals surface area (Å²) < 4.78 is 1.18. The second kappa shape index (κ2) is 6.89. The molecule has 2 N–H and O–H groups in total. The lowest BCUT2D eigenvalue weighted by atomic mass is 10.2. The first-order valence-corrected chi connectivity index (χ1v) is 7.55. The number of halogens is 1. The van der Waals surface area contributed by atoms with Crippen LogP contribution in [0.5, 0.6) is 0 Å². The highest BCUT2D eigenvalue weighted by atomic mass is 35.5. The van der Waals surface area contributed by atoms with E-state index in [2.05, 4.69) is 16.7 Å². The Kier molecular flexibility index (Phi) is 5.19. The van der Waals surface area contributed by atoms with Gasteiger partial charge in [0.1, 0.15) is 0 Å². The first-order valence-electron chi connectivity index (χ1n) is 6.35. The van der Waals surface area contributed by atoms with E-state index in [1.807, 2.05) is 25.1 Å². The number of nitrogens with one attached hydrogen (secondary N) is 2. The fourth-order valence-electron chi connectivity index (χ4n) is 1.79. The predicted molar refractivity (Wildman–Crippen MR) is 81.8 cm³/mol. The van der Waals surface area contributed by atoms with Gasteiger partial charge >= 0.3 is 0 Å². The lowest BCUT2D eigenvalue weighted by Crippen LogP contribution is -2.33. The van der Waals surface area contributed by atoms with Crippen LogP contribution in [-0.2, 0) is 11.3 Å². The van der Waals surface area contributed by atoms with Crippen molar-refractivity contribution < 1.29 is 4.79 Å². The van der Waals surface area contributed by atoms with Crippen LogP contribution in [0.25, 0.3) is 10.1 Å². The number of carbonyl (C=O) groups excluding carboxylic acids is 1. The van der Waals surface area contributed by atoms with Gasteiger partial charge in [0.15, 0.2) is 0 Å². The van der Waals surface area contributed by atoms with E-state index in [4.69, 9.17) is 11.6 Å². The van der Waals surface area contributed by atoms with Gasteiger partial charge in [0, 0.05) is 28.1 Å². The summed E-state index contributed by atoms with van der Waals surface area (Å²) >= 11 is 7.99. The molecule has 102 valence electrons. The summed E-state index contributed by atoms with van der Waals surface area (Å²) in [6, 6.07) is 8.07. The molecule has 0 saturated carbocycles. The van der Waals surface area contributed by atoms with Gasteiger partial charge < -0.3 is 10.6 Å². The Balaban J connectivity index is 1.91. The highest BCUT2D eigenvalue weighted by Gasteiger charge is 2.09. The molecule has 0 fully saturated rings. The van der Waals surface area contributed by atoms with Gasteiger partial charge in [-0.3, -0.25) is 4.79 Å². The van der Waals surface area contributed by atoms with Gasteiger partial charge in [-0.2, -0.15) is 0 Å². The first-order chi connectivity index (χ1) is 9.22. The third-order valence-corrected chi connectivity index (χ3v) is 4.46. The van der Waals surface area contributed by atoms with Crippen molar-refractivity contribution in [2.75, 3.05) is 13.1 Å². The van der Waals surface area contributed by atoms with Gasteiger partial charge in [-0.15, -0.1) is 11.3 Å². The Hall–Kier alpha value is -1.10. The lowest BCUT2D eigenvalue weighted by Gasteiger charge is -2.04. The fraction of sp³-hybridized carbons (Fsp3) is 0.357. The van der Waals surface area contributed by atoms with Gasteiger partial charge in [0.2, 0.25) is 5.91 Å². The standard InChI is InChI=1S/C14H17ClN2OS/c1-2-7-17-13(18)9-16-8-12-14(15)10-5-3-4-6-11(10)19-12/h3-6,16H,2,7-9H2,1H3,(H,17,18). The zero-order chi connectivity index (χ0) is 13.7. The number of rotatable bonds is 6. The highest BCUT2D eigenvalue weighted by Crippen LogP contribution is 2.34. The number of amides is 1. The Morgan fingerprint density at radius 1 is 1.37 bits per heavy atom. The predicted octanol–water partition coefficient (Wildman–Crippen LogP) is 3.17. The zero-order valence-corrected chi connectivity index (χ0v) is 12.4. The molecule has 0 unspecified atom stereocenters. The molecule has 1 aromatic carbocycles. The molecule has 0 radical (unpaired) electrons. The van der Waals surface area contributed by atoms with Crippen LogP contribution in [0, 0.1) is 0 Å². The topological polar surface area (TPSA) is 41.1 Å². The van der Waals surface area contributed by atoms with Crippen molar-refractivity contribution in [3.8, 4) is 0 Å². The summed E-state index contributed by atoms with van der Waals surface area (Å²) in [5.41, 5.74) is 0. The Morgan fingerprint density at radius 2 is 2.16 bits per heavy atom. The Morgan fingerprint density at radius 3 is 2.89 bits per heavy atom. The van der Waals surface area contributed by atoms with Gasteiger partial charge in [-0.05, 0) is 12.5 Å². The van der Waals surface area contributed by atoms with Crippen LogP contribution in [-0.4, -0.2) is 19.0 Å². The van der Waals surface area contributed by atoms with Crippen LogP contribution in [0.2, 0.25) is 5.02 Å². The maximum atomic E-state index is 11.4. The molecule has 5 heteroatoms. The average molecular weight is 297 g/mol. The first kappa shape index (κ1) is 14.3. The van der Waals surface area contributed by atoms with Crippen molar-refractivity contribution in [2.45, 2.75) is 19.9 Å². The summed E-state index contributed by atoms with van der Waals surface area (Å²) in [7, 11) is 0. The molecule has 0 aliphatic rings. The summed E-state index contributed by atoms with van der Waals surface area (Å²) in [6.07, 6.45) is 0.952. The molecule has 1 aromatic heterocycles. The molecule has 1 heterocycles. The van der Waals surface area contributed by atoms with Crippen LogP contribution in [0.4, 0.5) is 0 Å². The third-order valence-electron chi connectivity index (χ3n) is 2.74. The minimum absolute atomic E-state index is 0.0269. The molecular weight excluding hydrogens is 280 g/mol. The Bertz CT molecular complexity index is 568. The van der Waals surface area contributed by atoms with Gasteiger partial charge in [0.25, 0.3) is 0 Å².